The van der Waals surface area contributed by atoms with Crippen molar-refractivity contribution in [3.8, 4) is 5.75 Å². The Labute approximate surface area is 136 Å². The monoisotopic (exact) mass is 438 g/mol. The summed E-state index contributed by atoms with van der Waals surface area (Å²) >= 11 is 7.47. The van der Waals surface area contributed by atoms with Gasteiger partial charge < -0.3 is 5.11 Å². The Bertz CT molecular complexity index is 720. The summed E-state index contributed by atoms with van der Waals surface area (Å²) in [6.07, 6.45) is 1.35. The Balaban J connectivity index is 2.15. The minimum Gasteiger partial charge on any atom is -0.506 e. The molecule has 5 nitrogen and oxygen atoms in total. The van der Waals surface area contributed by atoms with Crippen LogP contribution in [0.3, 0.4) is 0 Å². The number of hydrogen-bond donors (Lipinski definition) is 2. The van der Waals surface area contributed by atoms with E-state index in [1.807, 2.05) is 0 Å². The lowest BCUT2D eigenvalue weighted by Gasteiger charge is -2.02. The van der Waals surface area contributed by atoms with E-state index in [1.165, 1.54) is 12.3 Å². The maximum absolute atomic E-state index is 11.8. The lowest BCUT2D eigenvalue weighted by atomic mass is 10.2. The summed E-state index contributed by atoms with van der Waals surface area (Å²) in [5.74, 6) is 0.0707. The number of hydrazone groups is 1. The highest BCUT2D eigenvalue weighted by Gasteiger charge is 2.13. The van der Waals surface area contributed by atoms with Crippen LogP contribution < -0.4 is 4.83 Å². The summed E-state index contributed by atoms with van der Waals surface area (Å²) in [5, 5.41) is 14.9. The number of phenolic OH excluding ortho intramolecular Hbond substituents is 1. The fourth-order valence-electron chi connectivity index (χ4n) is 1.29. The van der Waals surface area contributed by atoms with Gasteiger partial charge in [-0.3, -0.25) is 0 Å². The van der Waals surface area contributed by atoms with E-state index in [0.717, 1.165) is 11.3 Å². The van der Waals surface area contributed by atoms with Crippen molar-refractivity contribution in [2.24, 2.45) is 5.10 Å². The van der Waals surface area contributed by atoms with E-state index in [1.54, 1.807) is 23.6 Å². The van der Waals surface area contributed by atoms with Crippen molar-refractivity contribution < 1.29 is 13.5 Å². The van der Waals surface area contributed by atoms with Crippen LogP contribution in [-0.4, -0.2) is 19.7 Å². The number of rotatable bonds is 4. The van der Waals surface area contributed by atoms with Gasteiger partial charge in [0.15, 0.2) is 0 Å². The van der Waals surface area contributed by atoms with Crippen LogP contribution in [0.15, 0.2) is 47.9 Å². The van der Waals surface area contributed by atoms with E-state index in [2.05, 4.69) is 41.8 Å². The number of halogens is 2. The Kier molecular flexibility index (Phi) is 4.84. The van der Waals surface area contributed by atoms with Crippen LogP contribution in [0.1, 0.15) is 5.56 Å². The first-order chi connectivity index (χ1) is 9.40. The van der Waals surface area contributed by atoms with E-state index in [0.29, 0.717) is 14.5 Å². The van der Waals surface area contributed by atoms with Gasteiger partial charge in [-0.1, -0.05) is 6.07 Å². The molecule has 2 rings (SSSR count). The quantitative estimate of drug-likeness (QED) is 0.566. The number of hydrogen-bond acceptors (Lipinski definition) is 5. The molecule has 1 aromatic heterocycles. The molecule has 0 bridgehead atoms. The Morgan fingerprint density at radius 3 is 2.50 bits per heavy atom. The summed E-state index contributed by atoms with van der Waals surface area (Å²) in [7, 11) is -3.62. The molecule has 106 valence electrons. The second kappa shape index (κ2) is 6.25. The fraction of sp³-hybridized carbons (Fsp3) is 0. The number of aromatic hydroxyl groups is 1. The minimum absolute atomic E-state index is 0.0707. The standard InChI is InChI=1S/C11H8Br2N2O3S2/c12-8-4-7(5-9(13)11(8)16)6-14-15-20(17,18)10-2-1-3-19-10/h1-6,15-16H/b14-6+. The molecule has 0 atom stereocenters. The predicted octanol–water partition coefficient (Wildman–Crippen LogP) is 3.29. The highest BCUT2D eigenvalue weighted by Crippen LogP contribution is 2.32. The second-order valence-electron chi connectivity index (χ2n) is 3.62. The van der Waals surface area contributed by atoms with Crippen molar-refractivity contribution in [1.29, 1.82) is 0 Å². The zero-order valence-electron chi connectivity index (χ0n) is 9.75. The van der Waals surface area contributed by atoms with Gasteiger partial charge in [0.25, 0.3) is 10.0 Å². The first-order valence-corrected chi connectivity index (χ1v) is 9.11. The number of sulfonamides is 1. The van der Waals surface area contributed by atoms with E-state index in [4.69, 9.17) is 0 Å². The maximum atomic E-state index is 11.8. The first kappa shape index (κ1) is 15.5. The van der Waals surface area contributed by atoms with Crippen molar-refractivity contribution >= 4 is 59.4 Å². The number of nitrogens with one attached hydrogen (secondary N) is 1. The van der Waals surface area contributed by atoms with Gasteiger partial charge in [-0.05, 0) is 61.0 Å². The first-order valence-electron chi connectivity index (χ1n) is 5.16. The van der Waals surface area contributed by atoms with Gasteiger partial charge in [-0.15, -0.1) is 11.3 Å². The van der Waals surface area contributed by atoms with Crippen molar-refractivity contribution in [1.82, 2.24) is 4.83 Å². The molecule has 0 saturated carbocycles. The topological polar surface area (TPSA) is 78.8 Å². The average molecular weight is 440 g/mol. The molecule has 20 heavy (non-hydrogen) atoms. The van der Waals surface area contributed by atoms with Crippen molar-refractivity contribution in [2.75, 3.05) is 0 Å². The third-order valence-electron chi connectivity index (χ3n) is 2.19. The van der Waals surface area contributed by atoms with Gasteiger partial charge >= 0.3 is 0 Å². The molecule has 2 aromatic rings. The molecule has 0 saturated heterocycles. The Morgan fingerprint density at radius 2 is 1.95 bits per heavy atom. The molecule has 1 heterocycles. The van der Waals surface area contributed by atoms with E-state index in [9.17, 15) is 13.5 Å². The summed E-state index contributed by atoms with van der Waals surface area (Å²) < 4.78 is 24.8. The SMILES string of the molecule is O=S(=O)(N/N=C/c1cc(Br)c(O)c(Br)c1)c1cccs1. The molecule has 1 aromatic carbocycles. The van der Waals surface area contributed by atoms with Crippen molar-refractivity contribution in [3.05, 3.63) is 44.2 Å². The molecule has 0 fully saturated rings. The van der Waals surface area contributed by atoms with Crippen LogP contribution in [0.4, 0.5) is 0 Å². The van der Waals surface area contributed by atoms with Gasteiger partial charge in [0.05, 0.1) is 15.2 Å². The molecule has 0 spiro atoms. The van der Waals surface area contributed by atoms with Crippen LogP contribution in [0.2, 0.25) is 0 Å². The van der Waals surface area contributed by atoms with Crippen molar-refractivity contribution in [3.63, 3.8) is 0 Å². The lowest BCUT2D eigenvalue weighted by molar-refractivity contribution is 0.468. The zero-order valence-corrected chi connectivity index (χ0v) is 14.6. The molecule has 0 radical (unpaired) electrons. The van der Waals surface area contributed by atoms with Crippen molar-refractivity contribution in [2.45, 2.75) is 4.21 Å². The number of benzene rings is 1. The van der Waals surface area contributed by atoms with Crippen LogP contribution in [0.5, 0.6) is 5.75 Å². The molecular weight excluding hydrogens is 432 g/mol. The van der Waals surface area contributed by atoms with Crippen LogP contribution in [-0.2, 0) is 10.0 Å². The smallest absolute Gasteiger partial charge is 0.286 e. The number of thiophene rings is 1. The van der Waals surface area contributed by atoms with Gasteiger partial charge in [-0.25, -0.2) is 0 Å². The zero-order chi connectivity index (χ0) is 14.8. The Morgan fingerprint density at radius 1 is 1.30 bits per heavy atom. The number of nitrogens with zero attached hydrogens (tertiary/aromatic N) is 1. The van der Waals surface area contributed by atoms with Crippen LogP contribution >= 0.6 is 43.2 Å². The second-order valence-corrected chi connectivity index (χ2v) is 8.16. The summed E-state index contributed by atoms with van der Waals surface area (Å²) in [5.41, 5.74) is 0.621. The molecule has 0 aliphatic heterocycles. The molecular formula is C11H8Br2N2O3S2. The van der Waals surface area contributed by atoms with Gasteiger partial charge in [-0.2, -0.15) is 18.4 Å². The third-order valence-corrected chi connectivity index (χ3v) is 6.01. The molecule has 0 aliphatic rings. The predicted molar refractivity (Wildman–Crippen MR) is 85.7 cm³/mol. The highest BCUT2D eigenvalue weighted by molar-refractivity contribution is 9.11. The third kappa shape index (κ3) is 3.60. The van der Waals surface area contributed by atoms with Crippen LogP contribution in [0.25, 0.3) is 0 Å². The molecule has 2 N–H and O–H groups in total. The van der Waals surface area contributed by atoms with Crippen LogP contribution in [0, 0.1) is 0 Å². The fourth-order valence-corrected chi connectivity index (χ4v) is 4.29. The van der Waals surface area contributed by atoms with Gasteiger partial charge in [0.2, 0.25) is 0 Å². The normalized spacial score (nSPS) is 11.9. The van der Waals surface area contributed by atoms with Gasteiger partial charge in [0.1, 0.15) is 9.96 Å². The molecule has 9 heteroatoms. The molecule has 0 aliphatic carbocycles. The molecule has 0 unspecified atom stereocenters. The molecule has 0 amide bonds. The summed E-state index contributed by atoms with van der Waals surface area (Å²) in [6, 6.07) is 6.37. The van der Waals surface area contributed by atoms with Gasteiger partial charge in [0, 0.05) is 0 Å². The highest BCUT2D eigenvalue weighted by atomic mass is 79.9. The minimum atomic E-state index is -3.62. The maximum Gasteiger partial charge on any atom is 0.286 e. The lowest BCUT2D eigenvalue weighted by Crippen LogP contribution is -2.17. The Hall–Kier alpha value is -0.900. The number of phenols is 1. The van der Waals surface area contributed by atoms with E-state index < -0.39 is 10.0 Å². The summed E-state index contributed by atoms with van der Waals surface area (Å²) in [6.45, 7) is 0. The largest absolute Gasteiger partial charge is 0.506 e. The average Bonchev–Trinajstić information content (AvgIpc) is 2.90. The van der Waals surface area contributed by atoms with E-state index >= 15 is 0 Å². The van der Waals surface area contributed by atoms with E-state index in [-0.39, 0.29) is 9.96 Å². The summed E-state index contributed by atoms with van der Waals surface area (Å²) in [4.78, 5) is 2.12.